The standard InChI is InChI=1S/C14H15ClN4O/c1-8(20)18-6-11-4-10(18)7-19(11)14-3-9(15)2-13-12(14)5-16-17-13/h2-3,5,10-11H,4,6-7H2,1H3,(H,16,17). The molecule has 2 unspecified atom stereocenters. The van der Waals surface area contributed by atoms with E-state index in [-0.39, 0.29) is 5.91 Å². The first-order chi connectivity index (χ1) is 9.63. The molecular weight excluding hydrogens is 276 g/mol. The molecule has 0 radical (unpaired) electrons. The van der Waals surface area contributed by atoms with Gasteiger partial charge in [0.15, 0.2) is 0 Å². The van der Waals surface area contributed by atoms with Crippen LogP contribution >= 0.6 is 11.6 Å². The van der Waals surface area contributed by atoms with Gasteiger partial charge in [-0.1, -0.05) is 11.6 Å². The van der Waals surface area contributed by atoms with Gasteiger partial charge in [-0.15, -0.1) is 0 Å². The Morgan fingerprint density at radius 2 is 2.25 bits per heavy atom. The number of halogens is 1. The highest BCUT2D eigenvalue weighted by Crippen LogP contribution is 2.38. The van der Waals surface area contributed by atoms with Crippen LogP contribution in [-0.2, 0) is 4.79 Å². The maximum absolute atomic E-state index is 11.6. The summed E-state index contributed by atoms with van der Waals surface area (Å²) in [6.07, 6.45) is 2.89. The predicted octanol–water partition coefficient (Wildman–Crippen LogP) is 2.03. The van der Waals surface area contributed by atoms with E-state index in [0.29, 0.717) is 17.1 Å². The number of aromatic amines is 1. The summed E-state index contributed by atoms with van der Waals surface area (Å²) in [5.41, 5.74) is 2.08. The van der Waals surface area contributed by atoms with Gasteiger partial charge in [0.1, 0.15) is 0 Å². The number of H-pyrrole nitrogens is 1. The van der Waals surface area contributed by atoms with E-state index in [2.05, 4.69) is 15.1 Å². The molecule has 0 saturated carbocycles. The van der Waals surface area contributed by atoms with Crippen molar-refractivity contribution in [2.45, 2.75) is 25.4 Å². The van der Waals surface area contributed by atoms with Gasteiger partial charge in [-0.2, -0.15) is 5.10 Å². The molecule has 2 aliphatic rings. The van der Waals surface area contributed by atoms with E-state index in [0.717, 1.165) is 36.1 Å². The summed E-state index contributed by atoms with van der Waals surface area (Å²) in [7, 11) is 0. The number of aromatic nitrogens is 2. The van der Waals surface area contributed by atoms with Crippen LogP contribution in [0.25, 0.3) is 10.9 Å². The number of nitrogens with zero attached hydrogens (tertiary/aromatic N) is 3. The second-order valence-electron chi connectivity index (χ2n) is 5.62. The molecule has 20 heavy (non-hydrogen) atoms. The zero-order chi connectivity index (χ0) is 13.9. The largest absolute Gasteiger partial charge is 0.364 e. The van der Waals surface area contributed by atoms with Crippen LogP contribution in [0.15, 0.2) is 18.3 Å². The van der Waals surface area contributed by atoms with E-state index in [9.17, 15) is 4.79 Å². The lowest BCUT2D eigenvalue weighted by molar-refractivity contribution is -0.129. The van der Waals surface area contributed by atoms with Crippen LogP contribution in [0.1, 0.15) is 13.3 Å². The molecule has 2 bridgehead atoms. The summed E-state index contributed by atoms with van der Waals surface area (Å²) in [6.45, 7) is 3.34. The molecule has 4 rings (SSSR count). The molecule has 1 aromatic heterocycles. The Labute approximate surface area is 121 Å². The summed E-state index contributed by atoms with van der Waals surface area (Å²) in [5.74, 6) is 0.178. The molecule has 5 nitrogen and oxygen atoms in total. The van der Waals surface area contributed by atoms with Crippen LogP contribution in [0.4, 0.5) is 5.69 Å². The van der Waals surface area contributed by atoms with Gasteiger partial charge in [0.25, 0.3) is 0 Å². The fourth-order valence-corrected chi connectivity index (χ4v) is 3.80. The quantitative estimate of drug-likeness (QED) is 0.874. The number of piperazine rings is 1. The first-order valence-corrected chi connectivity index (χ1v) is 7.18. The van der Waals surface area contributed by atoms with E-state index in [1.54, 1.807) is 6.92 Å². The van der Waals surface area contributed by atoms with Crippen molar-refractivity contribution in [3.05, 3.63) is 23.4 Å². The van der Waals surface area contributed by atoms with Crippen molar-refractivity contribution in [3.63, 3.8) is 0 Å². The smallest absolute Gasteiger partial charge is 0.219 e. The highest BCUT2D eigenvalue weighted by atomic mass is 35.5. The molecule has 1 N–H and O–H groups in total. The second-order valence-corrected chi connectivity index (χ2v) is 6.06. The van der Waals surface area contributed by atoms with E-state index >= 15 is 0 Å². The highest BCUT2D eigenvalue weighted by molar-refractivity contribution is 6.31. The van der Waals surface area contributed by atoms with Crippen LogP contribution in [0, 0.1) is 0 Å². The monoisotopic (exact) mass is 290 g/mol. The summed E-state index contributed by atoms with van der Waals surface area (Å²) in [4.78, 5) is 15.9. The van der Waals surface area contributed by atoms with Gasteiger partial charge in [-0.25, -0.2) is 0 Å². The molecule has 0 aliphatic carbocycles. The topological polar surface area (TPSA) is 52.2 Å². The van der Waals surface area contributed by atoms with Crippen molar-refractivity contribution in [2.24, 2.45) is 0 Å². The van der Waals surface area contributed by atoms with Crippen molar-refractivity contribution in [1.29, 1.82) is 0 Å². The predicted molar refractivity (Wildman–Crippen MR) is 78.0 cm³/mol. The number of hydrogen-bond donors (Lipinski definition) is 1. The Balaban J connectivity index is 1.72. The molecule has 3 heterocycles. The fraction of sp³-hybridized carbons (Fsp3) is 0.429. The third-order valence-electron chi connectivity index (χ3n) is 4.46. The maximum Gasteiger partial charge on any atom is 0.219 e. The molecular formula is C14H15ClN4O. The highest BCUT2D eigenvalue weighted by Gasteiger charge is 2.44. The number of amides is 1. The normalized spacial score (nSPS) is 24.9. The molecule has 2 fully saturated rings. The van der Waals surface area contributed by atoms with Crippen LogP contribution < -0.4 is 4.90 Å². The Kier molecular flexibility index (Phi) is 2.48. The maximum atomic E-state index is 11.6. The first-order valence-electron chi connectivity index (χ1n) is 6.80. The number of carbonyl (C=O) groups is 1. The lowest BCUT2D eigenvalue weighted by atomic mass is 10.1. The molecule has 2 aliphatic heterocycles. The Morgan fingerprint density at radius 1 is 1.40 bits per heavy atom. The van der Waals surface area contributed by atoms with Gasteiger partial charge in [-0.05, 0) is 18.6 Å². The van der Waals surface area contributed by atoms with Gasteiger partial charge >= 0.3 is 0 Å². The second kappa shape index (κ2) is 4.12. The molecule has 1 aromatic carbocycles. The van der Waals surface area contributed by atoms with Crippen molar-refractivity contribution < 1.29 is 4.79 Å². The zero-order valence-corrected chi connectivity index (χ0v) is 11.9. The number of carbonyl (C=O) groups excluding carboxylic acids is 1. The van der Waals surface area contributed by atoms with E-state index < -0.39 is 0 Å². The molecule has 0 spiro atoms. The van der Waals surface area contributed by atoms with Crippen molar-refractivity contribution in [3.8, 4) is 0 Å². The van der Waals surface area contributed by atoms with Crippen molar-refractivity contribution in [1.82, 2.24) is 15.1 Å². The number of benzene rings is 1. The summed E-state index contributed by atoms with van der Waals surface area (Å²) < 4.78 is 0. The third-order valence-corrected chi connectivity index (χ3v) is 4.67. The number of nitrogens with one attached hydrogen (secondary N) is 1. The van der Waals surface area contributed by atoms with E-state index in [1.807, 2.05) is 23.2 Å². The first kappa shape index (κ1) is 12.0. The molecule has 2 saturated heterocycles. The number of likely N-dealkylation sites (tertiary alicyclic amines) is 1. The number of fused-ring (bicyclic) bond motifs is 3. The summed E-state index contributed by atoms with van der Waals surface area (Å²) in [5, 5.41) is 8.88. The Bertz CT molecular complexity index is 698. The van der Waals surface area contributed by atoms with Crippen molar-refractivity contribution in [2.75, 3.05) is 18.0 Å². The molecule has 6 heteroatoms. The van der Waals surface area contributed by atoms with Gasteiger partial charge in [-0.3, -0.25) is 9.89 Å². The average molecular weight is 291 g/mol. The molecule has 104 valence electrons. The lowest BCUT2D eigenvalue weighted by Gasteiger charge is -2.35. The number of anilines is 1. The lowest BCUT2D eigenvalue weighted by Crippen LogP contribution is -2.48. The average Bonchev–Trinajstić information content (AvgIpc) is 3.10. The number of rotatable bonds is 1. The Morgan fingerprint density at radius 3 is 2.95 bits per heavy atom. The van der Waals surface area contributed by atoms with E-state index in [1.165, 1.54) is 0 Å². The minimum absolute atomic E-state index is 0.178. The third kappa shape index (κ3) is 1.62. The number of hydrogen-bond acceptors (Lipinski definition) is 3. The van der Waals surface area contributed by atoms with Crippen LogP contribution in [-0.4, -0.2) is 46.2 Å². The Hall–Kier alpha value is -1.75. The summed E-state index contributed by atoms with van der Waals surface area (Å²) in [6, 6.07) is 4.61. The molecule has 2 aromatic rings. The van der Waals surface area contributed by atoms with Gasteiger partial charge in [0, 0.05) is 42.2 Å². The molecule has 2 atom stereocenters. The van der Waals surface area contributed by atoms with Crippen LogP contribution in [0.3, 0.4) is 0 Å². The summed E-state index contributed by atoms with van der Waals surface area (Å²) >= 11 is 6.20. The minimum atomic E-state index is 0.178. The van der Waals surface area contributed by atoms with Gasteiger partial charge < -0.3 is 9.80 Å². The SMILES string of the molecule is CC(=O)N1CC2CC1CN2c1cc(Cl)cc2[nH]ncc12. The van der Waals surface area contributed by atoms with Crippen LogP contribution in [0.5, 0.6) is 0 Å². The zero-order valence-electron chi connectivity index (χ0n) is 11.1. The minimum Gasteiger partial charge on any atom is -0.364 e. The van der Waals surface area contributed by atoms with E-state index in [4.69, 9.17) is 11.6 Å². The fourth-order valence-electron chi connectivity index (χ4n) is 3.58. The van der Waals surface area contributed by atoms with Gasteiger partial charge in [0.2, 0.25) is 5.91 Å². The van der Waals surface area contributed by atoms with Crippen molar-refractivity contribution >= 4 is 34.1 Å². The van der Waals surface area contributed by atoms with Gasteiger partial charge in [0.05, 0.1) is 17.8 Å². The molecule has 1 amide bonds. The van der Waals surface area contributed by atoms with Crippen LogP contribution in [0.2, 0.25) is 5.02 Å².